The average molecular weight is 308 g/mol. The average Bonchev–Trinajstić information content (AvgIpc) is 3.29. The predicted octanol–water partition coefficient (Wildman–Crippen LogP) is 3.51. The zero-order valence-electron chi connectivity index (χ0n) is 13.5. The Labute approximate surface area is 130 Å². The Bertz CT molecular complexity index is 530. The first-order chi connectivity index (χ1) is 10.5. The molecule has 2 rings (SSSR count). The summed E-state index contributed by atoms with van der Waals surface area (Å²) in [4.78, 5) is 19.6. The molecule has 1 N–H and O–H groups in total. The first-order valence-corrected chi connectivity index (χ1v) is 7.95. The number of nitro groups is 1. The maximum atomic E-state index is 11.4. The maximum Gasteiger partial charge on any atom is 0.372 e. The smallest absolute Gasteiger partial charge is 0.372 e. The van der Waals surface area contributed by atoms with Crippen molar-refractivity contribution in [1.29, 1.82) is 0 Å². The van der Waals surface area contributed by atoms with Gasteiger partial charge in [0.1, 0.15) is 5.82 Å². The molecule has 1 aromatic rings. The van der Waals surface area contributed by atoms with E-state index in [2.05, 4.69) is 22.2 Å². The Balaban J connectivity index is 2.32. The molecular weight excluding hydrogens is 284 g/mol. The summed E-state index contributed by atoms with van der Waals surface area (Å²) in [7, 11) is 0. The van der Waals surface area contributed by atoms with E-state index in [1.165, 1.54) is 0 Å². The predicted molar refractivity (Wildman–Crippen MR) is 84.4 cm³/mol. The molecule has 122 valence electrons. The number of hydrogen-bond acceptors (Lipinski definition) is 6. The van der Waals surface area contributed by atoms with Gasteiger partial charge in [0.2, 0.25) is 5.82 Å². The van der Waals surface area contributed by atoms with Crippen molar-refractivity contribution >= 4 is 11.5 Å². The van der Waals surface area contributed by atoms with Crippen LogP contribution >= 0.6 is 0 Å². The molecule has 0 saturated heterocycles. The van der Waals surface area contributed by atoms with Gasteiger partial charge in [-0.1, -0.05) is 27.2 Å². The zero-order valence-corrected chi connectivity index (χ0v) is 13.5. The standard InChI is InChI=1S/C15H24N4O3/c1-4-5-8-16-14-12(19(20)21)15(22-9-10(2)3)18-13(17-14)11-6-7-11/h10-11H,4-9H2,1-3H3,(H,16,17,18). The van der Waals surface area contributed by atoms with Gasteiger partial charge in [0, 0.05) is 12.5 Å². The van der Waals surface area contributed by atoms with Crippen molar-refractivity contribution in [2.75, 3.05) is 18.5 Å². The summed E-state index contributed by atoms with van der Waals surface area (Å²) in [6.45, 7) is 7.12. The summed E-state index contributed by atoms with van der Waals surface area (Å²) in [6, 6.07) is 0. The van der Waals surface area contributed by atoms with Gasteiger partial charge in [-0.3, -0.25) is 10.1 Å². The van der Waals surface area contributed by atoms with Crippen molar-refractivity contribution in [3.63, 3.8) is 0 Å². The Morgan fingerprint density at radius 1 is 1.41 bits per heavy atom. The van der Waals surface area contributed by atoms with Gasteiger partial charge in [0.25, 0.3) is 5.88 Å². The third-order valence-electron chi connectivity index (χ3n) is 3.37. The number of anilines is 1. The van der Waals surface area contributed by atoms with E-state index < -0.39 is 4.92 Å². The monoisotopic (exact) mass is 308 g/mol. The van der Waals surface area contributed by atoms with Crippen LogP contribution in [0.4, 0.5) is 11.5 Å². The van der Waals surface area contributed by atoms with Crippen LogP contribution in [0, 0.1) is 16.0 Å². The minimum Gasteiger partial charge on any atom is -0.472 e. The lowest BCUT2D eigenvalue weighted by molar-refractivity contribution is -0.385. The van der Waals surface area contributed by atoms with Crippen LogP contribution in [-0.4, -0.2) is 28.0 Å². The van der Waals surface area contributed by atoms with Crippen molar-refractivity contribution in [1.82, 2.24) is 9.97 Å². The molecule has 1 fully saturated rings. The summed E-state index contributed by atoms with van der Waals surface area (Å²) in [5.74, 6) is 1.62. The van der Waals surface area contributed by atoms with Crippen molar-refractivity contribution in [2.45, 2.75) is 52.4 Å². The summed E-state index contributed by atoms with van der Waals surface area (Å²) in [5.41, 5.74) is -0.152. The highest BCUT2D eigenvalue weighted by Gasteiger charge is 2.33. The van der Waals surface area contributed by atoms with Gasteiger partial charge in [-0.15, -0.1) is 0 Å². The molecule has 0 bridgehead atoms. The Kier molecular flexibility index (Phi) is 5.51. The molecule has 0 spiro atoms. The molecule has 0 aliphatic heterocycles. The summed E-state index contributed by atoms with van der Waals surface area (Å²) < 4.78 is 5.59. The fourth-order valence-corrected chi connectivity index (χ4v) is 1.99. The van der Waals surface area contributed by atoms with E-state index >= 15 is 0 Å². The quantitative estimate of drug-likeness (QED) is 0.426. The molecule has 0 aromatic carbocycles. The summed E-state index contributed by atoms with van der Waals surface area (Å²) in [6.07, 6.45) is 4.02. The van der Waals surface area contributed by atoms with E-state index in [4.69, 9.17) is 4.74 Å². The van der Waals surface area contributed by atoms with E-state index in [0.717, 1.165) is 25.7 Å². The van der Waals surface area contributed by atoms with E-state index in [1.807, 2.05) is 13.8 Å². The van der Waals surface area contributed by atoms with Gasteiger partial charge in [0.05, 0.1) is 11.5 Å². The normalized spacial score (nSPS) is 14.2. The summed E-state index contributed by atoms with van der Waals surface area (Å²) >= 11 is 0. The Hall–Kier alpha value is -1.92. The second-order valence-corrected chi connectivity index (χ2v) is 6.10. The molecule has 7 nitrogen and oxygen atoms in total. The van der Waals surface area contributed by atoms with Crippen LogP contribution in [-0.2, 0) is 0 Å². The lowest BCUT2D eigenvalue weighted by Gasteiger charge is -2.12. The molecule has 0 unspecified atom stereocenters. The molecule has 22 heavy (non-hydrogen) atoms. The van der Waals surface area contributed by atoms with Crippen LogP contribution in [0.15, 0.2) is 0 Å². The van der Waals surface area contributed by atoms with Crippen LogP contribution < -0.4 is 10.1 Å². The number of rotatable bonds is 9. The molecule has 7 heteroatoms. The van der Waals surface area contributed by atoms with Gasteiger partial charge < -0.3 is 10.1 Å². The highest BCUT2D eigenvalue weighted by Crippen LogP contribution is 2.42. The van der Waals surface area contributed by atoms with Gasteiger partial charge in [-0.2, -0.15) is 4.98 Å². The van der Waals surface area contributed by atoms with Gasteiger partial charge in [-0.25, -0.2) is 4.98 Å². The first kappa shape index (κ1) is 16.5. The van der Waals surface area contributed by atoms with Crippen LogP contribution in [0.3, 0.4) is 0 Å². The van der Waals surface area contributed by atoms with Gasteiger partial charge >= 0.3 is 5.69 Å². The van der Waals surface area contributed by atoms with Crippen LogP contribution in [0.5, 0.6) is 5.88 Å². The number of aromatic nitrogens is 2. The van der Waals surface area contributed by atoms with E-state index in [0.29, 0.717) is 24.9 Å². The number of nitrogens with zero attached hydrogens (tertiary/aromatic N) is 3. The van der Waals surface area contributed by atoms with Crippen LogP contribution in [0.1, 0.15) is 58.2 Å². The van der Waals surface area contributed by atoms with Gasteiger partial charge in [0.15, 0.2) is 0 Å². The number of hydrogen-bond donors (Lipinski definition) is 1. The van der Waals surface area contributed by atoms with Crippen molar-refractivity contribution in [2.24, 2.45) is 5.92 Å². The minimum absolute atomic E-state index is 0.0922. The number of ether oxygens (including phenoxy) is 1. The zero-order chi connectivity index (χ0) is 16.1. The lowest BCUT2D eigenvalue weighted by atomic mass is 10.2. The van der Waals surface area contributed by atoms with E-state index in [-0.39, 0.29) is 23.3 Å². The third kappa shape index (κ3) is 4.29. The molecule has 0 atom stereocenters. The fourth-order valence-electron chi connectivity index (χ4n) is 1.99. The number of unbranched alkanes of at least 4 members (excludes halogenated alkanes) is 1. The molecule has 1 saturated carbocycles. The molecule has 1 aromatic heterocycles. The second-order valence-electron chi connectivity index (χ2n) is 6.10. The van der Waals surface area contributed by atoms with Crippen molar-refractivity contribution < 1.29 is 9.66 Å². The number of nitrogens with one attached hydrogen (secondary N) is 1. The topological polar surface area (TPSA) is 90.2 Å². The maximum absolute atomic E-state index is 11.4. The largest absolute Gasteiger partial charge is 0.472 e. The SMILES string of the molecule is CCCCNc1nc(C2CC2)nc(OCC(C)C)c1[N+](=O)[O-]. The van der Waals surface area contributed by atoms with Crippen molar-refractivity contribution in [3.05, 3.63) is 15.9 Å². The molecular formula is C15H24N4O3. The highest BCUT2D eigenvalue weighted by atomic mass is 16.6. The molecule has 1 aliphatic carbocycles. The highest BCUT2D eigenvalue weighted by molar-refractivity contribution is 5.62. The molecule has 0 amide bonds. The molecule has 1 aliphatic rings. The Morgan fingerprint density at radius 3 is 2.68 bits per heavy atom. The molecule has 0 radical (unpaired) electrons. The second kappa shape index (κ2) is 7.38. The lowest BCUT2D eigenvalue weighted by Crippen LogP contribution is -2.13. The van der Waals surface area contributed by atoms with Gasteiger partial charge in [-0.05, 0) is 25.2 Å². The van der Waals surface area contributed by atoms with Crippen LogP contribution in [0.25, 0.3) is 0 Å². The summed E-state index contributed by atoms with van der Waals surface area (Å²) in [5, 5.41) is 14.5. The third-order valence-corrected chi connectivity index (χ3v) is 3.37. The van der Waals surface area contributed by atoms with E-state index in [9.17, 15) is 10.1 Å². The minimum atomic E-state index is -0.458. The fraction of sp³-hybridized carbons (Fsp3) is 0.733. The first-order valence-electron chi connectivity index (χ1n) is 7.95. The molecule has 1 heterocycles. The van der Waals surface area contributed by atoms with Crippen molar-refractivity contribution in [3.8, 4) is 5.88 Å². The van der Waals surface area contributed by atoms with Crippen LogP contribution in [0.2, 0.25) is 0 Å². The van der Waals surface area contributed by atoms with E-state index in [1.54, 1.807) is 0 Å². The Morgan fingerprint density at radius 2 is 2.14 bits per heavy atom.